The number of carbonyl (C=O) groups is 1. The van der Waals surface area contributed by atoms with Gasteiger partial charge >= 0.3 is 0 Å². The van der Waals surface area contributed by atoms with E-state index in [2.05, 4.69) is 34.5 Å². The fourth-order valence-corrected chi connectivity index (χ4v) is 3.71. The molecule has 0 unspecified atom stereocenters. The van der Waals surface area contributed by atoms with E-state index in [1.165, 1.54) is 44.7 Å². The van der Waals surface area contributed by atoms with Crippen LogP contribution >= 0.6 is 11.6 Å². The van der Waals surface area contributed by atoms with Gasteiger partial charge in [-0.15, -0.1) is 0 Å². The fraction of sp³-hybridized carbons (Fsp3) is 0.348. The minimum atomic E-state index is -0.169. The van der Waals surface area contributed by atoms with Gasteiger partial charge in [0.1, 0.15) is 0 Å². The van der Waals surface area contributed by atoms with Crippen molar-refractivity contribution in [3.05, 3.63) is 64.2 Å². The molecule has 0 atom stereocenters. The first kappa shape index (κ1) is 21.2. The molecule has 29 heavy (non-hydrogen) atoms. The van der Waals surface area contributed by atoms with Crippen LogP contribution in [0, 0.1) is 0 Å². The summed E-state index contributed by atoms with van der Waals surface area (Å²) in [6, 6.07) is 11.9. The molecular weight excluding hydrogens is 388 g/mol. The van der Waals surface area contributed by atoms with Gasteiger partial charge in [0, 0.05) is 19.2 Å². The summed E-state index contributed by atoms with van der Waals surface area (Å²) in [5.74, 6) is 0.829. The predicted molar refractivity (Wildman–Crippen MR) is 116 cm³/mol. The number of ether oxygens (including phenoxy) is 2. The Kier molecular flexibility index (Phi) is 7.55. The van der Waals surface area contributed by atoms with E-state index in [1.54, 1.807) is 25.3 Å². The summed E-state index contributed by atoms with van der Waals surface area (Å²) in [5.41, 5.74) is 3.15. The Hall–Kier alpha value is -2.50. The number of likely N-dealkylation sites (tertiary alicyclic amines) is 1. The maximum absolute atomic E-state index is 12.2. The molecule has 2 aromatic rings. The third-order valence-electron chi connectivity index (χ3n) is 4.98. The van der Waals surface area contributed by atoms with Crippen molar-refractivity contribution in [3.63, 3.8) is 0 Å². The number of methoxy groups -OCH3 is 2. The number of hydrogen-bond donors (Lipinski definition) is 1. The molecule has 1 heterocycles. The maximum atomic E-state index is 12.2. The first-order chi connectivity index (χ1) is 14.1. The lowest BCUT2D eigenvalue weighted by Gasteiger charge is -2.14. The van der Waals surface area contributed by atoms with Crippen LogP contribution in [-0.4, -0.2) is 38.1 Å². The minimum Gasteiger partial charge on any atom is -0.493 e. The molecule has 5 nitrogen and oxygen atoms in total. The monoisotopic (exact) mass is 414 g/mol. The van der Waals surface area contributed by atoms with E-state index < -0.39 is 0 Å². The van der Waals surface area contributed by atoms with Crippen molar-refractivity contribution in [2.75, 3.05) is 27.3 Å². The summed E-state index contributed by atoms with van der Waals surface area (Å²) in [6.45, 7) is 3.87. The van der Waals surface area contributed by atoms with E-state index in [4.69, 9.17) is 21.1 Å². The summed E-state index contributed by atoms with van der Waals surface area (Å²) in [4.78, 5) is 14.6. The molecule has 0 aromatic heterocycles. The van der Waals surface area contributed by atoms with Crippen LogP contribution in [0.15, 0.2) is 42.5 Å². The second-order valence-electron chi connectivity index (χ2n) is 7.09. The van der Waals surface area contributed by atoms with Gasteiger partial charge < -0.3 is 14.8 Å². The molecule has 0 radical (unpaired) electrons. The molecule has 1 saturated heterocycles. The van der Waals surface area contributed by atoms with Crippen molar-refractivity contribution in [1.82, 2.24) is 10.2 Å². The SMILES string of the molecule is COc1cc(/C=C/C(=O)NCc2ccc(CN3CCCC3)cc2)cc(Cl)c1OC. The second-order valence-corrected chi connectivity index (χ2v) is 7.50. The van der Waals surface area contributed by atoms with Gasteiger partial charge in [-0.25, -0.2) is 0 Å². The van der Waals surface area contributed by atoms with E-state index in [9.17, 15) is 4.79 Å². The smallest absolute Gasteiger partial charge is 0.244 e. The lowest BCUT2D eigenvalue weighted by Crippen LogP contribution is -2.20. The molecule has 0 spiro atoms. The fourth-order valence-electron chi connectivity index (χ4n) is 3.42. The van der Waals surface area contributed by atoms with Crippen LogP contribution in [0.4, 0.5) is 0 Å². The van der Waals surface area contributed by atoms with E-state index >= 15 is 0 Å². The van der Waals surface area contributed by atoms with Gasteiger partial charge in [0.05, 0.1) is 19.2 Å². The van der Waals surface area contributed by atoms with Crippen molar-refractivity contribution in [2.45, 2.75) is 25.9 Å². The quantitative estimate of drug-likeness (QED) is 0.655. The molecule has 1 fully saturated rings. The molecule has 0 bridgehead atoms. The van der Waals surface area contributed by atoms with Gasteiger partial charge in [-0.05, 0) is 60.8 Å². The van der Waals surface area contributed by atoms with Crippen molar-refractivity contribution in [3.8, 4) is 11.5 Å². The number of nitrogens with zero attached hydrogens (tertiary/aromatic N) is 1. The Labute approximate surface area is 177 Å². The Morgan fingerprint density at radius 3 is 2.45 bits per heavy atom. The van der Waals surface area contributed by atoms with E-state index in [0.29, 0.717) is 23.1 Å². The molecule has 0 aliphatic carbocycles. The zero-order chi connectivity index (χ0) is 20.6. The van der Waals surface area contributed by atoms with Crippen molar-refractivity contribution < 1.29 is 14.3 Å². The van der Waals surface area contributed by atoms with E-state index in [0.717, 1.165) is 17.7 Å². The third kappa shape index (κ3) is 5.99. The first-order valence-electron chi connectivity index (χ1n) is 9.76. The number of benzene rings is 2. The number of amides is 1. The Morgan fingerprint density at radius 2 is 1.79 bits per heavy atom. The van der Waals surface area contributed by atoms with Gasteiger partial charge in [0.25, 0.3) is 0 Å². The van der Waals surface area contributed by atoms with Crippen LogP contribution in [0.3, 0.4) is 0 Å². The highest BCUT2D eigenvalue weighted by molar-refractivity contribution is 6.32. The van der Waals surface area contributed by atoms with Crippen LogP contribution in [0.1, 0.15) is 29.5 Å². The standard InChI is InChI=1S/C23H27ClN2O3/c1-28-21-14-19(13-20(24)23(21)29-2)9-10-22(27)25-15-17-5-7-18(8-6-17)16-26-11-3-4-12-26/h5-10,13-14H,3-4,11-12,15-16H2,1-2H3,(H,25,27)/b10-9+. The first-order valence-corrected chi connectivity index (χ1v) is 10.1. The van der Waals surface area contributed by atoms with Crippen LogP contribution in [0.25, 0.3) is 6.08 Å². The molecule has 1 N–H and O–H groups in total. The van der Waals surface area contributed by atoms with E-state index in [1.807, 2.05) is 0 Å². The van der Waals surface area contributed by atoms with E-state index in [-0.39, 0.29) is 5.91 Å². The normalized spacial score (nSPS) is 14.3. The van der Waals surface area contributed by atoms with Gasteiger partial charge in [-0.3, -0.25) is 9.69 Å². The molecule has 1 aliphatic rings. The van der Waals surface area contributed by atoms with Gasteiger partial charge in [0.15, 0.2) is 11.5 Å². The molecule has 0 saturated carbocycles. The highest BCUT2D eigenvalue weighted by atomic mass is 35.5. The zero-order valence-corrected chi connectivity index (χ0v) is 17.7. The molecule has 6 heteroatoms. The average molecular weight is 415 g/mol. The summed E-state index contributed by atoms with van der Waals surface area (Å²) in [6.07, 6.45) is 5.78. The van der Waals surface area contributed by atoms with Gasteiger partial charge in [0.2, 0.25) is 5.91 Å². The summed E-state index contributed by atoms with van der Waals surface area (Å²) >= 11 is 6.19. The summed E-state index contributed by atoms with van der Waals surface area (Å²) in [5, 5.41) is 3.33. The second kappa shape index (κ2) is 10.3. The number of halogens is 1. The molecular formula is C23H27ClN2O3. The summed E-state index contributed by atoms with van der Waals surface area (Å²) in [7, 11) is 3.08. The van der Waals surface area contributed by atoms with Gasteiger partial charge in [-0.1, -0.05) is 35.9 Å². The molecule has 3 rings (SSSR count). The maximum Gasteiger partial charge on any atom is 0.244 e. The Morgan fingerprint density at radius 1 is 1.10 bits per heavy atom. The number of rotatable bonds is 8. The number of nitrogens with one attached hydrogen (secondary N) is 1. The zero-order valence-electron chi connectivity index (χ0n) is 16.9. The average Bonchev–Trinajstić information content (AvgIpc) is 3.24. The lowest BCUT2D eigenvalue weighted by molar-refractivity contribution is -0.116. The number of carbonyl (C=O) groups excluding carboxylic acids is 1. The molecule has 154 valence electrons. The largest absolute Gasteiger partial charge is 0.493 e. The number of hydrogen-bond acceptors (Lipinski definition) is 4. The van der Waals surface area contributed by atoms with Crippen molar-refractivity contribution in [1.29, 1.82) is 0 Å². The highest BCUT2D eigenvalue weighted by Crippen LogP contribution is 2.36. The van der Waals surface area contributed by atoms with Crippen LogP contribution in [0.5, 0.6) is 11.5 Å². The molecule has 2 aromatic carbocycles. The lowest BCUT2D eigenvalue weighted by atomic mass is 10.1. The topological polar surface area (TPSA) is 50.8 Å². The highest BCUT2D eigenvalue weighted by Gasteiger charge is 2.12. The van der Waals surface area contributed by atoms with Crippen molar-refractivity contribution >= 4 is 23.6 Å². The van der Waals surface area contributed by atoms with Gasteiger partial charge in [-0.2, -0.15) is 0 Å². The van der Waals surface area contributed by atoms with Crippen molar-refractivity contribution in [2.24, 2.45) is 0 Å². The van der Waals surface area contributed by atoms with Crippen LogP contribution < -0.4 is 14.8 Å². The molecule has 1 amide bonds. The molecule has 1 aliphatic heterocycles. The predicted octanol–water partition coefficient (Wildman–Crippen LogP) is 4.28. The van der Waals surface area contributed by atoms with Crippen LogP contribution in [-0.2, 0) is 17.9 Å². The minimum absolute atomic E-state index is 0.169. The summed E-state index contributed by atoms with van der Waals surface area (Å²) < 4.78 is 10.5. The Balaban J connectivity index is 1.52. The Bertz CT molecular complexity index is 859. The third-order valence-corrected chi connectivity index (χ3v) is 5.26. The van der Waals surface area contributed by atoms with Crippen LogP contribution in [0.2, 0.25) is 5.02 Å².